The number of aliphatic carboxylic acids is 1. The summed E-state index contributed by atoms with van der Waals surface area (Å²) in [6, 6.07) is 0. The monoisotopic (exact) mass is 125 g/mol. The molecule has 0 saturated heterocycles. The van der Waals surface area contributed by atoms with Crippen molar-refractivity contribution in [2.75, 3.05) is 6.54 Å². The molecule has 0 aromatic heterocycles. The molecule has 0 aromatic rings. The molecule has 0 atom stereocenters. The fourth-order valence-corrected chi connectivity index (χ4v) is 0. The van der Waals surface area contributed by atoms with Crippen molar-refractivity contribution >= 4 is 5.97 Å². The maximum Gasteiger partial charge on any atom is 1.00 e. The second-order valence-electron chi connectivity index (χ2n) is 0.576. The van der Waals surface area contributed by atoms with Gasteiger partial charge in [-0.3, -0.25) is 0 Å². The second kappa shape index (κ2) is 15.7. The van der Waals surface area contributed by atoms with Crippen LogP contribution in [0.3, 0.4) is 0 Å². The summed E-state index contributed by atoms with van der Waals surface area (Å²) in [6.07, 6.45) is 0. The van der Waals surface area contributed by atoms with Crippen LogP contribution in [0.25, 0.3) is 0 Å². The molecule has 0 fully saturated rings. The van der Waals surface area contributed by atoms with Crippen molar-refractivity contribution in [3.8, 4) is 0 Å². The molecule has 4 heteroatoms. The molecular formula is C4H8NNaO2. The average Bonchev–Trinajstić information content (AvgIpc) is 1.73. The van der Waals surface area contributed by atoms with Gasteiger partial charge >= 0.3 is 29.6 Å². The molecule has 0 unspecified atom stereocenters. The smallest absolute Gasteiger partial charge is 0.549 e. The number of carboxylic acid groups (broad SMARTS) is 1. The van der Waals surface area contributed by atoms with Crippen LogP contribution in [0.2, 0.25) is 0 Å². The van der Waals surface area contributed by atoms with Crippen molar-refractivity contribution < 1.29 is 39.5 Å². The van der Waals surface area contributed by atoms with Gasteiger partial charge in [-0.2, -0.15) is 0 Å². The second-order valence-corrected chi connectivity index (χ2v) is 0.576. The van der Waals surface area contributed by atoms with Gasteiger partial charge in [-0.1, -0.05) is 0 Å². The predicted octanol–water partition coefficient (Wildman–Crippen LogP) is -4.50. The molecule has 2 N–H and O–H groups in total. The van der Waals surface area contributed by atoms with Crippen LogP contribution in [-0.4, -0.2) is 12.5 Å². The van der Waals surface area contributed by atoms with E-state index >= 15 is 0 Å². The zero-order chi connectivity index (χ0) is 6.28. The summed E-state index contributed by atoms with van der Waals surface area (Å²) in [7, 11) is 0. The first kappa shape index (κ1) is 15.7. The van der Waals surface area contributed by atoms with E-state index in [1.165, 1.54) is 0 Å². The van der Waals surface area contributed by atoms with Gasteiger partial charge in [-0.25, -0.2) is 0 Å². The van der Waals surface area contributed by atoms with Gasteiger partial charge < -0.3 is 15.6 Å². The van der Waals surface area contributed by atoms with Crippen LogP contribution in [0.15, 0.2) is 13.2 Å². The number of hydrogen-bond donors (Lipinski definition) is 1. The van der Waals surface area contributed by atoms with Crippen molar-refractivity contribution in [3.05, 3.63) is 13.2 Å². The number of carboxylic acids is 1. The number of carbonyl (C=O) groups excluding carboxylic acids is 1. The molecule has 0 aliphatic carbocycles. The Bertz CT molecular complexity index is 58.0. The molecule has 0 heterocycles. The summed E-state index contributed by atoms with van der Waals surface area (Å²) in [5.41, 5.74) is 4.51. The van der Waals surface area contributed by atoms with Gasteiger partial charge in [0.25, 0.3) is 0 Å². The van der Waals surface area contributed by atoms with Gasteiger partial charge in [0.05, 0.1) is 5.97 Å². The summed E-state index contributed by atoms with van der Waals surface area (Å²) in [5.74, 6) is -1.22. The van der Waals surface area contributed by atoms with E-state index < -0.39 is 5.97 Å². The van der Waals surface area contributed by atoms with Crippen molar-refractivity contribution in [1.82, 2.24) is 0 Å². The molecule has 3 nitrogen and oxygen atoms in total. The van der Waals surface area contributed by atoms with Gasteiger partial charge in [-0.15, -0.1) is 13.2 Å². The Kier molecular flexibility index (Phi) is 30.8. The van der Waals surface area contributed by atoms with Gasteiger partial charge in [-0.05, 0) is 0 Å². The minimum Gasteiger partial charge on any atom is -0.549 e. The maximum absolute atomic E-state index is 9.13. The number of rotatable bonds is 1. The van der Waals surface area contributed by atoms with E-state index in [1.54, 1.807) is 0 Å². The normalized spacial score (nSPS) is 5.12. The third kappa shape index (κ3) is 35.0. The van der Waals surface area contributed by atoms with Crippen LogP contribution in [0.1, 0.15) is 0 Å². The Hall–Kier alpha value is 0.170. The molecular weight excluding hydrogens is 117 g/mol. The Labute approximate surface area is 70.9 Å². The van der Waals surface area contributed by atoms with Crippen molar-refractivity contribution in [1.29, 1.82) is 0 Å². The summed E-state index contributed by atoms with van der Waals surface area (Å²) in [5, 5.41) is 9.13. The average molecular weight is 125 g/mol. The van der Waals surface area contributed by atoms with Crippen molar-refractivity contribution in [2.24, 2.45) is 5.73 Å². The van der Waals surface area contributed by atoms with E-state index in [0.717, 1.165) is 0 Å². The number of hydrogen-bond acceptors (Lipinski definition) is 3. The van der Waals surface area contributed by atoms with E-state index in [4.69, 9.17) is 9.90 Å². The molecule has 0 aliphatic heterocycles. The van der Waals surface area contributed by atoms with Crippen LogP contribution in [0.4, 0.5) is 0 Å². The van der Waals surface area contributed by atoms with Gasteiger partial charge in [0, 0.05) is 6.54 Å². The Morgan fingerprint density at radius 1 is 1.62 bits per heavy atom. The van der Waals surface area contributed by atoms with Crippen molar-refractivity contribution in [3.63, 3.8) is 0 Å². The number of carbonyl (C=O) groups is 1. The molecule has 0 aromatic carbocycles. The topological polar surface area (TPSA) is 66.2 Å². The molecule has 0 saturated carbocycles. The molecule has 0 aliphatic rings. The zero-order valence-electron chi connectivity index (χ0n) is 5.02. The third-order valence-electron chi connectivity index (χ3n) is 0.167. The summed E-state index contributed by atoms with van der Waals surface area (Å²) < 4.78 is 0. The molecule has 0 spiro atoms. The van der Waals surface area contributed by atoms with E-state index in [-0.39, 0.29) is 36.1 Å². The fourth-order valence-electron chi connectivity index (χ4n) is 0. The van der Waals surface area contributed by atoms with E-state index in [9.17, 15) is 0 Å². The zero-order valence-corrected chi connectivity index (χ0v) is 7.02. The molecule has 0 rings (SSSR count). The van der Waals surface area contributed by atoms with E-state index in [0.29, 0.717) is 0 Å². The van der Waals surface area contributed by atoms with Gasteiger partial charge in [0.15, 0.2) is 0 Å². The summed E-state index contributed by atoms with van der Waals surface area (Å²) >= 11 is 0. The fraction of sp³-hybridized carbons (Fsp3) is 0.250. The van der Waals surface area contributed by atoms with E-state index in [1.807, 2.05) is 0 Å². The van der Waals surface area contributed by atoms with Crippen LogP contribution < -0.4 is 40.4 Å². The summed E-state index contributed by atoms with van der Waals surface area (Å²) in [6.45, 7) is 5.61. The molecule has 0 amide bonds. The minimum atomic E-state index is -1.22. The summed E-state index contributed by atoms with van der Waals surface area (Å²) in [4.78, 5) is 9.13. The largest absolute Gasteiger partial charge is 1.00 e. The van der Waals surface area contributed by atoms with Crippen LogP contribution in [0.5, 0.6) is 0 Å². The Morgan fingerprint density at radius 3 is 1.75 bits per heavy atom. The predicted molar refractivity (Wildman–Crippen MR) is 25.3 cm³/mol. The Morgan fingerprint density at radius 2 is 1.75 bits per heavy atom. The molecule has 0 radical (unpaired) electrons. The molecule has 0 bridgehead atoms. The van der Waals surface area contributed by atoms with Gasteiger partial charge in [0.2, 0.25) is 0 Å². The van der Waals surface area contributed by atoms with Crippen molar-refractivity contribution in [2.45, 2.75) is 0 Å². The standard InChI is InChI=1S/C2H5NO2.C2H4.Na/c3-1-2(4)5;1-2;/h1,3H2,(H,4,5);1-2H2;/q;;+1/p-1. The van der Waals surface area contributed by atoms with Gasteiger partial charge in [0.1, 0.15) is 0 Å². The van der Waals surface area contributed by atoms with E-state index in [2.05, 4.69) is 18.9 Å². The Balaban J connectivity index is -0.0000000750. The molecule has 8 heavy (non-hydrogen) atoms. The first-order chi connectivity index (χ1) is 3.27. The van der Waals surface area contributed by atoms with Crippen LogP contribution >= 0.6 is 0 Å². The number of nitrogens with two attached hydrogens (primary N) is 1. The van der Waals surface area contributed by atoms with Crippen LogP contribution in [-0.2, 0) is 4.79 Å². The van der Waals surface area contributed by atoms with Crippen LogP contribution in [0, 0.1) is 0 Å². The first-order valence-electron chi connectivity index (χ1n) is 1.67. The third-order valence-corrected chi connectivity index (χ3v) is 0.167. The first-order valence-corrected chi connectivity index (χ1v) is 1.67. The maximum atomic E-state index is 9.13. The molecule has 42 valence electrons. The minimum absolute atomic E-state index is 0. The quantitative estimate of drug-likeness (QED) is 0.284. The SMILES string of the molecule is C=C.NCC(=O)[O-].[Na+].